The van der Waals surface area contributed by atoms with Gasteiger partial charge in [-0.1, -0.05) is 5.10 Å². The van der Waals surface area contributed by atoms with E-state index in [1.54, 1.807) is 0 Å². The summed E-state index contributed by atoms with van der Waals surface area (Å²) in [6, 6.07) is 0.187. The van der Waals surface area contributed by atoms with Crippen molar-refractivity contribution in [2.75, 3.05) is 18.8 Å². The van der Waals surface area contributed by atoms with Gasteiger partial charge in [0.15, 0.2) is 0 Å². The largest absolute Gasteiger partial charge is 0.365 e. The van der Waals surface area contributed by atoms with E-state index in [0.29, 0.717) is 17.7 Å². The van der Waals surface area contributed by atoms with Gasteiger partial charge in [-0.2, -0.15) is 4.80 Å². The Hall–Kier alpha value is -2.19. The zero-order valence-corrected chi connectivity index (χ0v) is 14.6. The van der Waals surface area contributed by atoms with Crippen molar-refractivity contribution >= 4 is 17.8 Å². The van der Waals surface area contributed by atoms with Crippen LogP contribution in [-0.2, 0) is 16.1 Å². The Labute approximate surface area is 150 Å². The molecule has 138 valence electrons. The highest BCUT2D eigenvalue weighted by atomic mass is 16.2. The van der Waals surface area contributed by atoms with Gasteiger partial charge in [0.2, 0.25) is 11.8 Å². The van der Waals surface area contributed by atoms with Crippen molar-refractivity contribution in [3.05, 3.63) is 0 Å². The lowest BCUT2D eigenvalue weighted by Crippen LogP contribution is -2.68. The Balaban J connectivity index is 0.987. The quantitative estimate of drug-likeness (QED) is 0.743. The highest BCUT2D eigenvalue weighted by Gasteiger charge is 2.79. The summed E-state index contributed by atoms with van der Waals surface area (Å²) >= 11 is 0. The van der Waals surface area contributed by atoms with Gasteiger partial charge in [0.05, 0.1) is 5.41 Å². The van der Waals surface area contributed by atoms with Crippen LogP contribution in [0, 0.1) is 28.6 Å². The molecule has 7 rings (SSSR count). The number of amides is 2. The van der Waals surface area contributed by atoms with Crippen LogP contribution in [0.3, 0.4) is 0 Å². The first-order valence-corrected chi connectivity index (χ1v) is 9.59. The lowest BCUT2D eigenvalue weighted by atomic mass is 9.60. The summed E-state index contributed by atoms with van der Waals surface area (Å²) in [5, 5.41) is 14.1. The number of anilines is 1. The van der Waals surface area contributed by atoms with Gasteiger partial charge >= 0.3 is 0 Å². The van der Waals surface area contributed by atoms with E-state index in [2.05, 4.69) is 25.6 Å². The van der Waals surface area contributed by atoms with E-state index in [-0.39, 0.29) is 35.3 Å². The molecule has 26 heavy (non-hydrogen) atoms. The number of nitrogens with zero attached hydrogens (tertiary/aromatic N) is 5. The first-order chi connectivity index (χ1) is 12.5. The molecule has 0 aromatic carbocycles. The molecule has 5 saturated carbocycles. The number of rotatable bonds is 4. The summed E-state index contributed by atoms with van der Waals surface area (Å²) in [5.41, 5.74) is 5.70. The monoisotopic (exact) mass is 357 g/mol. The van der Waals surface area contributed by atoms with Crippen LogP contribution in [0.4, 0.5) is 5.95 Å². The van der Waals surface area contributed by atoms with Crippen molar-refractivity contribution in [3.8, 4) is 0 Å². The van der Waals surface area contributed by atoms with E-state index in [1.165, 1.54) is 17.6 Å². The third kappa shape index (κ3) is 1.83. The van der Waals surface area contributed by atoms with Crippen LogP contribution in [0.15, 0.2) is 0 Å². The van der Waals surface area contributed by atoms with Crippen molar-refractivity contribution in [3.63, 3.8) is 0 Å². The summed E-state index contributed by atoms with van der Waals surface area (Å²) in [6.45, 7) is 1.79. The van der Waals surface area contributed by atoms with Crippen molar-refractivity contribution in [1.29, 1.82) is 0 Å². The maximum Gasteiger partial charge on any atom is 0.260 e. The first-order valence-electron chi connectivity index (χ1n) is 9.59. The summed E-state index contributed by atoms with van der Waals surface area (Å²) < 4.78 is 0. The van der Waals surface area contributed by atoms with Crippen molar-refractivity contribution in [2.24, 2.45) is 28.6 Å². The Bertz CT molecular complexity index is 794. The average Bonchev–Trinajstić information content (AvgIpc) is 3.08. The van der Waals surface area contributed by atoms with E-state index in [0.717, 1.165) is 38.3 Å². The minimum Gasteiger partial charge on any atom is -0.365 e. The first kappa shape index (κ1) is 14.9. The molecule has 2 amide bonds. The van der Waals surface area contributed by atoms with Gasteiger partial charge in [-0.05, 0) is 55.1 Å². The van der Waals surface area contributed by atoms with E-state index in [9.17, 15) is 9.59 Å². The smallest absolute Gasteiger partial charge is 0.260 e. The van der Waals surface area contributed by atoms with Crippen LogP contribution in [-0.4, -0.2) is 56.1 Å². The van der Waals surface area contributed by atoms with Crippen LogP contribution >= 0.6 is 0 Å². The Kier molecular flexibility index (Phi) is 2.61. The SMILES string of the molecule is Nc1nnn(CC(=O)NC2CC3(C2)CN(C(=O)C24CC5CC2C4C5)C3)n1. The number of nitrogens with one attached hydrogen (secondary N) is 1. The lowest BCUT2D eigenvalue weighted by molar-refractivity contribution is -0.159. The van der Waals surface area contributed by atoms with E-state index in [1.807, 2.05) is 0 Å². The number of hydrogen-bond donors (Lipinski definition) is 2. The van der Waals surface area contributed by atoms with Gasteiger partial charge in [-0.15, -0.1) is 5.10 Å². The van der Waals surface area contributed by atoms with Crippen LogP contribution in [0.5, 0.6) is 0 Å². The second-order valence-electron chi connectivity index (χ2n) is 9.31. The Morgan fingerprint density at radius 3 is 2.50 bits per heavy atom. The zero-order chi connectivity index (χ0) is 17.7. The van der Waals surface area contributed by atoms with Gasteiger partial charge in [-0.25, -0.2) is 0 Å². The predicted molar refractivity (Wildman–Crippen MR) is 89.2 cm³/mol. The van der Waals surface area contributed by atoms with Gasteiger partial charge < -0.3 is 16.0 Å². The summed E-state index contributed by atoms with van der Waals surface area (Å²) in [5.74, 6) is 2.65. The molecule has 1 aliphatic heterocycles. The molecule has 1 saturated heterocycles. The molecule has 2 atom stereocenters. The van der Waals surface area contributed by atoms with Crippen LogP contribution in [0.25, 0.3) is 0 Å². The van der Waals surface area contributed by atoms with Crippen LogP contribution in [0.1, 0.15) is 32.1 Å². The molecule has 4 bridgehead atoms. The van der Waals surface area contributed by atoms with E-state index < -0.39 is 0 Å². The molecular formula is C17H23N7O2. The highest BCUT2D eigenvalue weighted by Crippen LogP contribution is 2.79. The fourth-order valence-corrected chi connectivity index (χ4v) is 6.79. The van der Waals surface area contributed by atoms with Crippen LogP contribution in [0.2, 0.25) is 0 Å². The van der Waals surface area contributed by atoms with Gasteiger partial charge in [-0.3, -0.25) is 9.59 Å². The number of carbonyl (C=O) groups excluding carboxylic acids is 2. The van der Waals surface area contributed by atoms with E-state index >= 15 is 0 Å². The minimum absolute atomic E-state index is 0.0325. The molecule has 2 unspecified atom stereocenters. The molecular weight excluding hydrogens is 334 g/mol. The third-order valence-corrected chi connectivity index (χ3v) is 7.72. The number of nitrogen functional groups attached to an aromatic ring is 1. The maximum atomic E-state index is 12.9. The van der Waals surface area contributed by atoms with Gasteiger partial charge in [0.25, 0.3) is 5.95 Å². The molecule has 3 N–H and O–H groups in total. The van der Waals surface area contributed by atoms with Crippen molar-refractivity contribution in [1.82, 2.24) is 30.4 Å². The average molecular weight is 357 g/mol. The van der Waals surface area contributed by atoms with Crippen molar-refractivity contribution in [2.45, 2.75) is 44.7 Å². The summed E-state index contributed by atoms with van der Waals surface area (Å²) in [4.78, 5) is 28.3. The number of hydrogen-bond acceptors (Lipinski definition) is 6. The number of carbonyl (C=O) groups is 2. The summed E-state index contributed by atoms with van der Waals surface area (Å²) in [6.07, 6.45) is 5.67. The van der Waals surface area contributed by atoms with Crippen LogP contribution < -0.4 is 11.1 Å². The van der Waals surface area contributed by atoms with E-state index in [4.69, 9.17) is 5.73 Å². The molecule has 6 fully saturated rings. The van der Waals surface area contributed by atoms with Gasteiger partial charge in [0.1, 0.15) is 6.54 Å². The van der Waals surface area contributed by atoms with Crippen molar-refractivity contribution < 1.29 is 9.59 Å². The second kappa shape index (κ2) is 4.55. The maximum absolute atomic E-state index is 12.9. The van der Waals surface area contributed by atoms with Gasteiger partial charge in [0, 0.05) is 24.5 Å². The predicted octanol–water partition coefficient (Wildman–Crippen LogP) is -0.591. The number of aromatic nitrogens is 4. The molecule has 1 aromatic heterocycles. The molecule has 0 radical (unpaired) electrons. The highest BCUT2D eigenvalue weighted by molar-refractivity contribution is 5.89. The normalized spacial score (nSPS) is 38.2. The molecule has 1 spiro atoms. The fourth-order valence-electron chi connectivity index (χ4n) is 6.79. The molecule has 5 aliphatic carbocycles. The zero-order valence-electron chi connectivity index (χ0n) is 14.6. The Morgan fingerprint density at radius 1 is 1.19 bits per heavy atom. The standard InChI is InChI=1S/C17H23N7O2/c18-15-20-22-24(21-15)6-13(25)19-10-4-16(5-10)7-23(8-16)14(26)17-3-9-1-11(17)12(17)2-9/h9-12H,1-8H2,(H2,18,21)(H,19,25). The Morgan fingerprint density at radius 2 is 1.92 bits per heavy atom. The number of nitrogens with two attached hydrogens (primary N) is 1. The third-order valence-electron chi connectivity index (χ3n) is 7.72. The lowest BCUT2D eigenvalue weighted by Gasteiger charge is -2.59. The number of tetrazole rings is 1. The molecule has 2 heterocycles. The second-order valence-corrected chi connectivity index (χ2v) is 9.31. The molecule has 6 aliphatic rings. The summed E-state index contributed by atoms with van der Waals surface area (Å²) in [7, 11) is 0. The molecule has 9 nitrogen and oxygen atoms in total. The molecule has 9 heteroatoms. The molecule has 1 aromatic rings. The minimum atomic E-state index is -0.125. The fraction of sp³-hybridized carbons (Fsp3) is 0.824. The topological polar surface area (TPSA) is 119 Å². The number of likely N-dealkylation sites (tertiary alicyclic amines) is 1.